The Kier molecular flexibility index (Phi) is 4.27. The van der Waals surface area contributed by atoms with Crippen LogP contribution < -0.4 is 14.2 Å². The van der Waals surface area contributed by atoms with Crippen LogP contribution in [0.15, 0.2) is 6.07 Å². The molecule has 2 aromatic rings. The quantitative estimate of drug-likeness (QED) is 0.551. The molecule has 0 radical (unpaired) electrons. The number of aliphatic hydroxyl groups excluding tert-OH is 1. The molecule has 2 bridgehead atoms. The molecule has 0 amide bonds. The maximum absolute atomic E-state index is 11.4. The molecule has 9 heteroatoms. The van der Waals surface area contributed by atoms with Gasteiger partial charge in [-0.25, -0.2) is 0 Å². The van der Waals surface area contributed by atoms with Gasteiger partial charge in [0, 0.05) is 40.8 Å². The Morgan fingerprint density at radius 3 is 2.53 bits per heavy atom. The highest BCUT2D eigenvalue weighted by atomic mass is 16.7. The molecule has 2 fully saturated rings. The number of fused-ring (bicyclic) bond motifs is 11. The summed E-state index contributed by atoms with van der Waals surface area (Å²) >= 11 is 0. The minimum Gasteiger partial charge on any atom is -0.507 e. The number of aromatic hydroxyl groups is 2. The van der Waals surface area contributed by atoms with Crippen LogP contribution >= 0.6 is 0 Å². The first-order chi connectivity index (χ1) is 17.3. The van der Waals surface area contributed by atoms with Crippen LogP contribution in [0.5, 0.6) is 28.7 Å². The summed E-state index contributed by atoms with van der Waals surface area (Å²) in [4.78, 5) is 4.36. The maximum Gasteiger partial charge on any atom is 0.231 e. The molecule has 4 heterocycles. The van der Waals surface area contributed by atoms with Gasteiger partial charge in [-0.3, -0.25) is 9.80 Å². The first-order valence-corrected chi connectivity index (χ1v) is 12.4. The fourth-order valence-electron chi connectivity index (χ4n) is 7.75. The summed E-state index contributed by atoms with van der Waals surface area (Å²) in [5.41, 5.74) is 3.89. The van der Waals surface area contributed by atoms with Gasteiger partial charge in [0.25, 0.3) is 0 Å². The number of aliphatic hydroxyl groups is 1. The topological polar surface area (TPSA) is 119 Å². The van der Waals surface area contributed by atoms with Crippen molar-refractivity contribution in [1.29, 1.82) is 5.26 Å². The number of rotatable bonds is 1. The van der Waals surface area contributed by atoms with Crippen molar-refractivity contribution >= 4 is 0 Å². The second-order valence-electron chi connectivity index (χ2n) is 10.8. The molecule has 6 atom stereocenters. The highest BCUT2D eigenvalue weighted by Crippen LogP contribution is 2.66. The molecule has 1 spiro atoms. The van der Waals surface area contributed by atoms with Crippen LogP contribution in [0.3, 0.4) is 0 Å². The van der Waals surface area contributed by atoms with Crippen LogP contribution in [0.2, 0.25) is 0 Å². The molecule has 36 heavy (non-hydrogen) atoms. The van der Waals surface area contributed by atoms with Crippen molar-refractivity contribution in [2.75, 3.05) is 21.0 Å². The zero-order valence-corrected chi connectivity index (χ0v) is 20.7. The number of nitrogens with zero attached hydrogens (tertiary/aromatic N) is 3. The van der Waals surface area contributed by atoms with Crippen LogP contribution in [-0.2, 0) is 18.4 Å². The molecule has 4 aliphatic heterocycles. The number of benzene rings is 2. The third-order valence-electron chi connectivity index (χ3n) is 9.30. The fourth-order valence-corrected chi connectivity index (χ4v) is 7.75. The van der Waals surface area contributed by atoms with E-state index in [-0.39, 0.29) is 36.4 Å². The van der Waals surface area contributed by atoms with Gasteiger partial charge in [-0.15, -0.1) is 0 Å². The Labute approximate surface area is 209 Å². The van der Waals surface area contributed by atoms with Crippen LogP contribution in [-0.4, -0.2) is 70.3 Å². The van der Waals surface area contributed by atoms with Gasteiger partial charge in [0.1, 0.15) is 11.8 Å². The molecule has 1 aliphatic carbocycles. The molecule has 5 aliphatic rings. The third kappa shape index (κ3) is 2.36. The second kappa shape index (κ2) is 6.97. The van der Waals surface area contributed by atoms with Crippen molar-refractivity contribution in [2.45, 2.75) is 68.9 Å². The highest BCUT2D eigenvalue weighted by molar-refractivity contribution is 5.69. The molecule has 188 valence electrons. The molecule has 9 nitrogen and oxygen atoms in total. The van der Waals surface area contributed by atoms with Gasteiger partial charge in [0.2, 0.25) is 6.79 Å². The predicted molar refractivity (Wildman–Crippen MR) is 127 cm³/mol. The lowest BCUT2D eigenvalue weighted by molar-refractivity contribution is -0.0906. The lowest BCUT2D eigenvalue weighted by atomic mass is 9.71. The number of methoxy groups -OCH3 is 1. The molecule has 3 N–H and O–H groups in total. The number of phenols is 2. The fraction of sp³-hybridized carbons (Fsp3) is 0.519. The van der Waals surface area contributed by atoms with Gasteiger partial charge in [0.15, 0.2) is 23.0 Å². The van der Waals surface area contributed by atoms with Crippen molar-refractivity contribution in [1.82, 2.24) is 9.80 Å². The Balaban J connectivity index is 1.51. The van der Waals surface area contributed by atoms with Gasteiger partial charge >= 0.3 is 0 Å². The average Bonchev–Trinajstić information content (AvgIpc) is 3.24. The van der Waals surface area contributed by atoms with E-state index in [1.807, 2.05) is 20.9 Å². The van der Waals surface area contributed by atoms with Gasteiger partial charge in [-0.1, -0.05) is 6.07 Å². The van der Waals surface area contributed by atoms with Gasteiger partial charge in [0.05, 0.1) is 30.9 Å². The van der Waals surface area contributed by atoms with Crippen LogP contribution in [0.4, 0.5) is 0 Å². The van der Waals surface area contributed by atoms with Crippen LogP contribution in [0.1, 0.15) is 45.8 Å². The van der Waals surface area contributed by atoms with E-state index in [2.05, 4.69) is 21.9 Å². The predicted octanol–water partition coefficient (Wildman–Crippen LogP) is 2.14. The third-order valence-corrected chi connectivity index (χ3v) is 9.30. The monoisotopic (exact) mass is 491 g/mol. The number of likely N-dealkylation sites (N-methyl/N-ethyl adjacent to an activating group) is 1. The lowest BCUT2D eigenvalue weighted by Crippen LogP contribution is -2.70. The number of nitriles is 1. The van der Waals surface area contributed by atoms with E-state index in [1.165, 1.54) is 0 Å². The summed E-state index contributed by atoms with van der Waals surface area (Å²) in [7, 11) is 3.56. The number of hydrogen-bond donors (Lipinski definition) is 3. The minimum absolute atomic E-state index is 0.0533. The van der Waals surface area contributed by atoms with E-state index in [9.17, 15) is 20.6 Å². The Hall–Kier alpha value is -3.19. The first kappa shape index (κ1) is 22.0. The lowest BCUT2D eigenvalue weighted by Gasteiger charge is -2.60. The minimum atomic E-state index is -0.860. The Morgan fingerprint density at radius 2 is 1.86 bits per heavy atom. The largest absolute Gasteiger partial charge is 0.507 e. The zero-order valence-electron chi connectivity index (χ0n) is 20.7. The molecular weight excluding hydrogens is 462 g/mol. The molecule has 2 aromatic carbocycles. The van der Waals surface area contributed by atoms with Gasteiger partial charge in [-0.05, 0) is 44.9 Å². The van der Waals surface area contributed by atoms with Crippen LogP contribution in [0, 0.1) is 25.2 Å². The van der Waals surface area contributed by atoms with Gasteiger partial charge in [-0.2, -0.15) is 5.26 Å². The van der Waals surface area contributed by atoms with Crippen molar-refractivity contribution in [3.8, 4) is 34.8 Å². The van der Waals surface area contributed by atoms with Crippen molar-refractivity contribution < 1.29 is 29.5 Å². The van der Waals surface area contributed by atoms with E-state index in [4.69, 9.17) is 14.2 Å². The Morgan fingerprint density at radius 1 is 1.14 bits per heavy atom. The summed E-state index contributed by atoms with van der Waals surface area (Å²) < 4.78 is 17.2. The summed E-state index contributed by atoms with van der Waals surface area (Å²) in [6.45, 7) is 3.77. The average molecular weight is 492 g/mol. The molecule has 0 aromatic heterocycles. The number of aryl methyl sites for hydroxylation is 1. The van der Waals surface area contributed by atoms with Crippen LogP contribution in [0.25, 0.3) is 0 Å². The normalized spacial score (nSPS) is 33.5. The molecule has 1 saturated carbocycles. The number of hydrogen-bond acceptors (Lipinski definition) is 9. The number of phenolic OH excluding ortho intramolecular Hbond substituents is 2. The van der Waals surface area contributed by atoms with E-state index < -0.39 is 17.7 Å². The van der Waals surface area contributed by atoms with E-state index in [1.54, 1.807) is 7.11 Å². The van der Waals surface area contributed by atoms with Crippen molar-refractivity contribution in [3.05, 3.63) is 39.4 Å². The zero-order chi connectivity index (χ0) is 25.3. The smallest absolute Gasteiger partial charge is 0.231 e. The maximum atomic E-state index is 11.4. The summed E-state index contributed by atoms with van der Waals surface area (Å²) in [5.74, 6) is 1.80. The van der Waals surface area contributed by atoms with Gasteiger partial charge < -0.3 is 29.5 Å². The molecular formula is C27H29N3O6. The SMILES string of the molecule is COc1c(C)cc2c(c1O)[C@@H]1C3Cc4c(O)c(C)c5c(c4C4(C[C@@H]4O)N3[C@@H](C#N)[C@H](C2)N1C)OCO5. The summed E-state index contributed by atoms with van der Waals surface area (Å²) in [6.07, 6.45) is 0.752. The highest BCUT2D eigenvalue weighted by Gasteiger charge is 2.70. The van der Waals surface area contributed by atoms with E-state index in [0.717, 1.165) is 27.8 Å². The Bertz CT molecular complexity index is 1390. The second-order valence-corrected chi connectivity index (χ2v) is 10.8. The standard InChI is InChI=1S/C27H29N3O6/c1-11-5-13-6-15-17(9-28)30-16(21(29(15)3)19(13)23(33)24(11)34-4)7-14-20(27(30)8-18(27)31)26-25(35-10-36-26)12(2)22(14)32/h5,15-18,21,31-33H,6-8,10H2,1-4H3/t15-,16?,17-,18-,21-,27?/m0/s1. The molecule has 1 saturated heterocycles. The molecule has 7 rings (SSSR count). The van der Waals surface area contributed by atoms with E-state index >= 15 is 0 Å². The number of ether oxygens (including phenoxy) is 3. The summed E-state index contributed by atoms with van der Waals surface area (Å²) in [5, 5.41) is 44.5. The molecule has 2 unspecified atom stereocenters. The van der Waals surface area contributed by atoms with Crippen molar-refractivity contribution in [3.63, 3.8) is 0 Å². The number of piperazine rings is 1. The first-order valence-electron chi connectivity index (χ1n) is 12.4. The van der Waals surface area contributed by atoms with E-state index in [0.29, 0.717) is 42.1 Å². The van der Waals surface area contributed by atoms with Crippen molar-refractivity contribution in [2.24, 2.45) is 0 Å². The summed E-state index contributed by atoms with van der Waals surface area (Å²) in [6, 6.07) is 3.45.